The minimum atomic E-state index is -1.73. The van der Waals surface area contributed by atoms with Crippen LogP contribution in [0.25, 0.3) is 0 Å². The molecule has 0 amide bonds. The zero-order chi connectivity index (χ0) is 9.19. The van der Waals surface area contributed by atoms with Crippen LogP contribution in [0.4, 0.5) is 0 Å². The van der Waals surface area contributed by atoms with Crippen LogP contribution in [0.1, 0.15) is 0 Å². The molecule has 0 saturated carbocycles. The molecule has 0 N–H and O–H groups in total. The van der Waals surface area contributed by atoms with E-state index in [1.807, 2.05) is 6.26 Å². The third-order valence-electron chi connectivity index (χ3n) is 1.72. The normalized spacial score (nSPS) is 40.2. The van der Waals surface area contributed by atoms with Gasteiger partial charge in [-0.15, -0.1) is 24.2 Å². The van der Waals surface area contributed by atoms with Crippen molar-refractivity contribution in [3.63, 3.8) is 0 Å². The molecule has 64 valence electrons. The van der Waals surface area contributed by atoms with Gasteiger partial charge < -0.3 is 4.52 Å². The molecule has 1 rings (SSSR count). The van der Waals surface area contributed by atoms with Crippen molar-refractivity contribution in [2.45, 2.75) is 6.10 Å². The molecule has 4 heteroatoms. The first-order chi connectivity index (χ1) is 5.65. The quantitative estimate of drug-likeness (QED) is 0.489. The van der Waals surface area contributed by atoms with E-state index in [0.717, 1.165) is 6.16 Å². The van der Waals surface area contributed by atoms with Gasteiger partial charge in [0.15, 0.2) is 0 Å². The standard InChI is InChI=1S/C8H9OPS2/c1-4-7-6-10(11,12-3)9-8(7)5-2/h1-2,7-8H,6H2,3H3. The van der Waals surface area contributed by atoms with Gasteiger partial charge in [0.05, 0.1) is 5.92 Å². The van der Waals surface area contributed by atoms with Crippen LogP contribution in [0, 0.1) is 30.6 Å². The van der Waals surface area contributed by atoms with E-state index >= 15 is 0 Å². The Balaban J connectivity index is 2.82. The SMILES string of the molecule is C#CC1CP(=S)(SC)OC1C#C. The third kappa shape index (κ3) is 1.87. The Kier molecular flexibility index (Phi) is 3.27. The van der Waals surface area contributed by atoms with Gasteiger partial charge in [0.1, 0.15) is 11.6 Å². The number of terminal acetylenes is 2. The van der Waals surface area contributed by atoms with Crippen molar-refractivity contribution in [2.75, 3.05) is 12.4 Å². The van der Waals surface area contributed by atoms with E-state index in [0.29, 0.717) is 0 Å². The van der Waals surface area contributed by atoms with Crippen molar-refractivity contribution in [1.82, 2.24) is 0 Å². The second kappa shape index (κ2) is 3.86. The highest BCUT2D eigenvalue weighted by atomic mass is 32.9. The summed E-state index contributed by atoms with van der Waals surface area (Å²) in [7, 11) is 0. The van der Waals surface area contributed by atoms with Gasteiger partial charge in [0, 0.05) is 6.16 Å². The van der Waals surface area contributed by atoms with Crippen LogP contribution in [0.15, 0.2) is 0 Å². The third-order valence-corrected chi connectivity index (χ3v) is 8.08. The summed E-state index contributed by atoms with van der Waals surface area (Å²) < 4.78 is 5.56. The lowest BCUT2D eigenvalue weighted by Gasteiger charge is -2.10. The lowest BCUT2D eigenvalue weighted by atomic mass is 10.1. The van der Waals surface area contributed by atoms with Crippen molar-refractivity contribution in [3.8, 4) is 24.7 Å². The molecule has 3 unspecified atom stereocenters. The summed E-state index contributed by atoms with van der Waals surface area (Å²) in [5, 5.41) is 0. The second-order valence-corrected chi connectivity index (χ2v) is 9.93. The van der Waals surface area contributed by atoms with E-state index in [2.05, 4.69) is 11.8 Å². The van der Waals surface area contributed by atoms with Crippen LogP contribution in [0.5, 0.6) is 0 Å². The summed E-state index contributed by atoms with van der Waals surface area (Å²) in [5.74, 6) is 5.19. The van der Waals surface area contributed by atoms with Gasteiger partial charge >= 0.3 is 0 Å². The van der Waals surface area contributed by atoms with Crippen LogP contribution >= 0.6 is 16.8 Å². The van der Waals surface area contributed by atoms with Gasteiger partial charge in [0.25, 0.3) is 0 Å². The maximum absolute atomic E-state index is 5.56. The Morgan fingerprint density at radius 2 is 2.25 bits per heavy atom. The maximum atomic E-state index is 5.56. The summed E-state index contributed by atoms with van der Waals surface area (Å²) in [6.07, 6.45) is 13.0. The molecule has 12 heavy (non-hydrogen) atoms. The Morgan fingerprint density at radius 1 is 1.58 bits per heavy atom. The van der Waals surface area contributed by atoms with Gasteiger partial charge in [-0.2, -0.15) is 0 Å². The molecule has 0 aromatic heterocycles. The van der Waals surface area contributed by atoms with Crippen LogP contribution in [0.2, 0.25) is 0 Å². The molecule has 1 aliphatic rings. The average Bonchev–Trinajstić information content (AvgIpc) is 2.43. The van der Waals surface area contributed by atoms with Crippen LogP contribution in [-0.2, 0) is 16.3 Å². The molecule has 1 saturated heterocycles. The Hall–Kier alpha value is 0.0800. The molecular formula is C8H9OPS2. The van der Waals surface area contributed by atoms with Crippen LogP contribution in [0.3, 0.4) is 0 Å². The van der Waals surface area contributed by atoms with E-state index < -0.39 is 5.47 Å². The summed E-state index contributed by atoms with van der Waals surface area (Å²) in [6.45, 7) is 0. The fourth-order valence-electron chi connectivity index (χ4n) is 1.03. The molecule has 3 atom stereocenters. The van der Waals surface area contributed by atoms with E-state index in [9.17, 15) is 0 Å². The van der Waals surface area contributed by atoms with Gasteiger partial charge in [0.2, 0.25) is 0 Å². The van der Waals surface area contributed by atoms with Gasteiger partial charge in [-0.3, -0.25) is 0 Å². The first kappa shape index (κ1) is 10.2. The molecule has 0 aromatic rings. The first-order valence-electron chi connectivity index (χ1n) is 3.40. The second-order valence-electron chi connectivity index (χ2n) is 2.44. The Morgan fingerprint density at radius 3 is 2.58 bits per heavy atom. The molecule has 1 fully saturated rings. The molecular weight excluding hydrogens is 207 g/mol. The first-order valence-corrected chi connectivity index (χ1v) is 8.14. The highest BCUT2D eigenvalue weighted by molar-refractivity contribution is 8.69. The van der Waals surface area contributed by atoms with Crippen molar-refractivity contribution in [1.29, 1.82) is 0 Å². The van der Waals surface area contributed by atoms with E-state index in [-0.39, 0.29) is 12.0 Å². The molecule has 1 heterocycles. The number of rotatable bonds is 1. The largest absolute Gasteiger partial charge is 0.324 e. The zero-order valence-electron chi connectivity index (χ0n) is 6.69. The van der Waals surface area contributed by atoms with E-state index in [1.54, 1.807) is 11.4 Å². The zero-order valence-corrected chi connectivity index (χ0v) is 9.22. The summed E-state index contributed by atoms with van der Waals surface area (Å²) in [6, 6.07) is 0. The minimum Gasteiger partial charge on any atom is -0.324 e. The highest BCUT2D eigenvalue weighted by Crippen LogP contribution is 2.65. The van der Waals surface area contributed by atoms with E-state index in [1.165, 1.54) is 0 Å². The predicted octanol–water partition coefficient (Wildman–Crippen LogP) is 1.94. The lowest BCUT2D eigenvalue weighted by Crippen LogP contribution is -2.12. The fourth-order valence-corrected chi connectivity index (χ4v) is 4.91. The number of hydrogen-bond donors (Lipinski definition) is 0. The van der Waals surface area contributed by atoms with Crippen molar-refractivity contribution >= 4 is 28.7 Å². The summed E-state index contributed by atoms with van der Waals surface area (Å²) >= 11 is 6.90. The summed E-state index contributed by atoms with van der Waals surface area (Å²) in [5.41, 5.74) is -1.73. The average molecular weight is 216 g/mol. The minimum absolute atomic E-state index is 0.0216. The monoisotopic (exact) mass is 216 g/mol. The highest BCUT2D eigenvalue weighted by Gasteiger charge is 2.37. The molecule has 0 aliphatic carbocycles. The topological polar surface area (TPSA) is 9.23 Å². The number of hydrogen-bond acceptors (Lipinski definition) is 3. The predicted molar refractivity (Wildman–Crippen MR) is 58.7 cm³/mol. The molecule has 0 bridgehead atoms. The maximum Gasteiger partial charge on any atom is 0.138 e. The Bertz CT molecular complexity index is 273. The van der Waals surface area contributed by atoms with Crippen LogP contribution < -0.4 is 0 Å². The molecule has 0 aromatic carbocycles. The van der Waals surface area contributed by atoms with Crippen molar-refractivity contribution in [2.24, 2.45) is 5.92 Å². The van der Waals surface area contributed by atoms with Crippen LogP contribution in [-0.4, -0.2) is 18.5 Å². The molecule has 1 nitrogen and oxygen atoms in total. The smallest absolute Gasteiger partial charge is 0.138 e. The summed E-state index contributed by atoms with van der Waals surface area (Å²) in [4.78, 5) is 0. The van der Waals surface area contributed by atoms with E-state index in [4.69, 9.17) is 29.2 Å². The van der Waals surface area contributed by atoms with Gasteiger partial charge in [-0.1, -0.05) is 23.6 Å². The molecule has 1 aliphatic heterocycles. The molecule has 0 radical (unpaired) electrons. The van der Waals surface area contributed by atoms with Gasteiger partial charge in [-0.25, -0.2) is 0 Å². The molecule has 0 spiro atoms. The van der Waals surface area contributed by atoms with Crippen molar-refractivity contribution in [3.05, 3.63) is 0 Å². The fraction of sp³-hybridized carbons (Fsp3) is 0.500. The lowest BCUT2D eigenvalue weighted by molar-refractivity contribution is 0.291. The Labute approximate surface area is 82.5 Å². The van der Waals surface area contributed by atoms with Gasteiger partial charge in [-0.05, 0) is 6.26 Å². The van der Waals surface area contributed by atoms with Crippen molar-refractivity contribution < 1.29 is 4.52 Å².